The Labute approximate surface area is 172 Å². The molecule has 4 rings (SSSR count). The molecule has 2 aromatic carbocycles. The van der Waals surface area contributed by atoms with Gasteiger partial charge in [0, 0.05) is 36.7 Å². The van der Waals surface area contributed by atoms with Crippen LogP contribution in [0.4, 0.5) is 28.8 Å². The van der Waals surface area contributed by atoms with Gasteiger partial charge in [0.05, 0.1) is 6.20 Å². The largest absolute Gasteiger partial charge is 0.372 e. The zero-order valence-electron chi connectivity index (χ0n) is 17.2. The van der Waals surface area contributed by atoms with Crippen molar-refractivity contribution in [2.75, 3.05) is 34.8 Å². The third-order valence-corrected chi connectivity index (χ3v) is 5.30. The van der Waals surface area contributed by atoms with Crippen LogP contribution in [-0.2, 0) is 0 Å². The molecule has 1 aliphatic rings. The van der Waals surface area contributed by atoms with Crippen LogP contribution in [0.1, 0.15) is 31.7 Å². The molecule has 0 bridgehead atoms. The van der Waals surface area contributed by atoms with Crippen LogP contribution in [0.5, 0.6) is 0 Å². The molecular weight excluding hydrogens is 360 g/mol. The van der Waals surface area contributed by atoms with Gasteiger partial charge in [0.1, 0.15) is 0 Å². The van der Waals surface area contributed by atoms with Crippen molar-refractivity contribution in [1.29, 1.82) is 0 Å². The number of nitrogens with one attached hydrogen (secondary N) is 1. The monoisotopic (exact) mass is 388 g/mol. The van der Waals surface area contributed by atoms with Crippen molar-refractivity contribution in [1.82, 2.24) is 15.2 Å². The number of aromatic nitrogens is 3. The highest BCUT2D eigenvalue weighted by Crippen LogP contribution is 2.26. The van der Waals surface area contributed by atoms with E-state index in [0.29, 0.717) is 5.95 Å². The maximum atomic E-state index is 4.69. The smallest absolute Gasteiger partial charge is 0.249 e. The highest BCUT2D eigenvalue weighted by atomic mass is 15.3. The van der Waals surface area contributed by atoms with Crippen LogP contribution in [0, 0.1) is 6.92 Å². The Hall–Kier alpha value is -3.15. The molecule has 29 heavy (non-hydrogen) atoms. The van der Waals surface area contributed by atoms with Crippen molar-refractivity contribution in [3.8, 4) is 0 Å². The number of hydrogen-bond acceptors (Lipinski definition) is 6. The van der Waals surface area contributed by atoms with Gasteiger partial charge >= 0.3 is 0 Å². The summed E-state index contributed by atoms with van der Waals surface area (Å²) in [4.78, 5) is 9.27. The van der Waals surface area contributed by atoms with Crippen LogP contribution >= 0.6 is 0 Å². The molecule has 0 spiro atoms. The fraction of sp³-hybridized carbons (Fsp3) is 0.348. The second-order valence-electron chi connectivity index (χ2n) is 7.44. The highest BCUT2D eigenvalue weighted by Gasteiger charge is 2.12. The molecule has 6 nitrogen and oxygen atoms in total. The number of benzene rings is 2. The topological polar surface area (TPSA) is 57.2 Å². The quantitative estimate of drug-likeness (QED) is 0.636. The molecule has 0 radical (unpaired) electrons. The van der Waals surface area contributed by atoms with E-state index in [4.69, 9.17) is 0 Å². The minimum Gasteiger partial charge on any atom is -0.372 e. The van der Waals surface area contributed by atoms with E-state index < -0.39 is 0 Å². The average molecular weight is 389 g/mol. The highest BCUT2D eigenvalue weighted by molar-refractivity contribution is 5.63. The number of hydrogen-bond donors (Lipinski definition) is 1. The Balaban J connectivity index is 1.49. The van der Waals surface area contributed by atoms with Gasteiger partial charge < -0.3 is 15.1 Å². The number of aryl methyl sites for hydroxylation is 1. The Morgan fingerprint density at radius 1 is 1.03 bits per heavy atom. The summed E-state index contributed by atoms with van der Waals surface area (Å²) < 4.78 is 0. The Morgan fingerprint density at radius 2 is 1.83 bits per heavy atom. The fourth-order valence-electron chi connectivity index (χ4n) is 3.79. The Morgan fingerprint density at radius 3 is 2.55 bits per heavy atom. The summed E-state index contributed by atoms with van der Waals surface area (Å²) in [6, 6.07) is 16.9. The van der Waals surface area contributed by atoms with E-state index in [-0.39, 0.29) is 0 Å². The van der Waals surface area contributed by atoms with Gasteiger partial charge in [-0.2, -0.15) is 10.1 Å². The maximum Gasteiger partial charge on any atom is 0.249 e. The normalized spacial score (nSPS) is 13.9. The van der Waals surface area contributed by atoms with Crippen LogP contribution < -0.4 is 15.1 Å². The minimum atomic E-state index is 0.499. The van der Waals surface area contributed by atoms with Gasteiger partial charge in [-0.25, -0.2) is 0 Å². The molecular formula is C23H28N6. The summed E-state index contributed by atoms with van der Waals surface area (Å²) in [5.41, 5.74) is 4.56. The zero-order valence-corrected chi connectivity index (χ0v) is 17.2. The predicted octanol–water partition coefficient (Wildman–Crippen LogP) is 5.07. The van der Waals surface area contributed by atoms with Gasteiger partial charge in [-0.1, -0.05) is 12.1 Å². The van der Waals surface area contributed by atoms with Crippen LogP contribution in [-0.4, -0.2) is 34.8 Å². The molecule has 1 aromatic heterocycles. The van der Waals surface area contributed by atoms with E-state index in [1.54, 1.807) is 6.20 Å². The summed E-state index contributed by atoms with van der Waals surface area (Å²) in [5.74, 6) is 1.28. The van der Waals surface area contributed by atoms with Crippen molar-refractivity contribution >= 4 is 28.8 Å². The molecule has 0 aliphatic carbocycles. The van der Waals surface area contributed by atoms with Crippen molar-refractivity contribution in [2.24, 2.45) is 0 Å². The molecule has 1 N–H and O–H groups in total. The lowest BCUT2D eigenvalue weighted by molar-refractivity contribution is 0.578. The Kier molecular flexibility index (Phi) is 5.89. The second-order valence-corrected chi connectivity index (χ2v) is 7.44. The predicted molar refractivity (Wildman–Crippen MR) is 119 cm³/mol. The maximum absolute atomic E-state index is 4.69. The first-order valence-corrected chi connectivity index (χ1v) is 10.4. The average Bonchev–Trinajstić information content (AvgIpc) is 2.76. The molecule has 6 heteroatoms. The summed E-state index contributed by atoms with van der Waals surface area (Å²) in [5, 5.41) is 11.6. The lowest BCUT2D eigenvalue weighted by atomic mass is 10.1. The van der Waals surface area contributed by atoms with Crippen LogP contribution in [0.2, 0.25) is 0 Å². The molecule has 0 saturated carbocycles. The lowest BCUT2D eigenvalue weighted by Crippen LogP contribution is -2.29. The van der Waals surface area contributed by atoms with Crippen molar-refractivity contribution in [3.63, 3.8) is 0 Å². The minimum absolute atomic E-state index is 0.499. The molecule has 1 aliphatic heterocycles. The van der Waals surface area contributed by atoms with E-state index in [1.807, 2.05) is 0 Å². The first-order valence-electron chi connectivity index (χ1n) is 10.4. The van der Waals surface area contributed by atoms with Crippen LogP contribution in [0.15, 0.2) is 54.7 Å². The lowest BCUT2D eigenvalue weighted by Gasteiger charge is -2.28. The van der Waals surface area contributed by atoms with E-state index in [9.17, 15) is 0 Å². The molecule has 2 heterocycles. The molecule has 1 saturated heterocycles. The van der Waals surface area contributed by atoms with E-state index >= 15 is 0 Å². The van der Waals surface area contributed by atoms with Crippen LogP contribution in [0.3, 0.4) is 0 Å². The SMILES string of the molecule is CCN(c1cccc(C)c1)c1cnnc(Nc2ccc(N3CCCCC3)cc2)n1. The summed E-state index contributed by atoms with van der Waals surface area (Å²) in [7, 11) is 0. The van der Waals surface area contributed by atoms with E-state index in [1.165, 1.54) is 30.5 Å². The van der Waals surface area contributed by atoms with E-state index in [2.05, 4.69) is 92.7 Å². The standard InChI is InChI=1S/C23H28N6/c1-3-29(21-9-7-8-18(2)16-21)22-17-24-27-23(26-22)25-19-10-12-20(13-11-19)28-14-5-4-6-15-28/h7-13,16-17H,3-6,14-15H2,1-2H3,(H,25,26,27). The van der Waals surface area contributed by atoms with E-state index in [0.717, 1.165) is 36.8 Å². The van der Waals surface area contributed by atoms with Crippen molar-refractivity contribution in [2.45, 2.75) is 33.1 Å². The summed E-state index contributed by atoms with van der Waals surface area (Å²) in [6.45, 7) is 7.29. The molecule has 1 fully saturated rings. The molecule has 150 valence electrons. The van der Waals surface area contributed by atoms with Gasteiger partial charge in [0.25, 0.3) is 0 Å². The molecule has 0 atom stereocenters. The van der Waals surface area contributed by atoms with Gasteiger partial charge in [0.15, 0.2) is 5.82 Å². The number of anilines is 5. The number of nitrogens with zero attached hydrogens (tertiary/aromatic N) is 5. The second kappa shape index (κ2) is 8.90. The molecule has 0 amide bonds. The first-order chi connectivity index (χ1) is 14.2. The van der Waals surface area contributed by atoms with Crippen LogP contribution in [0.25, 0.3) is 0 Å². The van der Waals surface area contributed by atoms with Gasteiger partial charge in [0.2, 0.25) is 5.95 Å². The number of piperidine rings is 1. The first kappa shape index (κ1) is 19.2. The summed E-state index contributed by atoms with van der Waals surface area (Å²) in [6.07, 6.45) is 5.60. The Bertz CT molecular complexity index is 934. The zero-order chi connectivity index (χ0) is 20.1. The van der Waals surface area contributed by atoms with Gasteiger partial charge in [-0.15, -0.1) is 5.10 Å². The molecule has 3 aromatic rings. The number of rotatable bonds is 6. The third kappa shape index (κ3) is 4.65. The third-order valence-electron chi connectivity index (χ3n) is 5.30. The van der Waals surface area contributed by atoms with Crippen molar-refractivity contribution in [3.05, 3.63) is 60.3 Å². The molecule has 0 unspecified atom stereocenters. The van der Waals surface area contributed by atoms with Gasteiger partial charge in [-0.05, 0) is 75.1 Å². The van der Waals surface area contributed by atoms with Crippen molar-refractivity contribution < 1.29 is 0 Å². The van der Waals surface area contributed by atoms with Gasteiger partial charge in [-0.3, -0.25) is 0 Å². The fourth-order valence-corrected chi connectivity index (χ4v) is 3.79. The summed E-state index contributed by atoms with van der Waals surface area (Å²) >= 11 is 0.